The molecule has 0 saturated heterocycles. The Kier molecular flexibility index (Phi) is 3.62. The third kappa shape index (κ3) is 2.48. The molecule has 0 fully saturated rings. The predicted octanol–water partition coefficient (Wildman–Crippen LogP) is 4.80. The number of benzene rings is 2. The maximum absolute atomic E-state index is 13.2. The minimum Gasteiger partial charge on any atom is -0.233 e. The fraction of sp³-hybridized carbons (Fsp3) is 0.200. The second-order valence-corrected chi connectivity index (χ2v) is 6.05. The van der Waals surface area contributed by atoms with E-state index in [4.69, 9.17) is 5.26 Å². The maximum Gasteiger partial charge on any atom is 0.123 e. The highest BCUT2D eigenvalue weighted by Crippen LogP contribution is 2.34. The van der Waals surface area contributed by atoms with Crippen LogP contribution in [0.1, 0.15) is 30.4 Å². The first-order valence-corrected chi connectivity index (χ1v) is 8.09. The lowest BCUT2D eigenvalue weighted by molar-refractivity contribution is 0.627. The van der Waals surface area contributed by atoms with Gasteiger partial charge in [-0.05, 0) is 72.4 Å². The van der Waals surface area contributed by atoms with E-state index in [-0.39, 0.29) is 5.82 Å². The normalized spacial score (nSPS) is 15.4. The first-order valence-electron chi connectivity index (χ1n) is 8.09. The molecule has 4 heteroatoms. The maximum atomic E-state index is 13.2. The van der Waals surface area contributed by atoms with E-state index >= 15 is 0 Å². The molecule has 0 spiro atoms. The van der Waals surface area contributed by atoms with E-state index in [2.05, 4.69) is 23.3 Å². The summed E-state index contributed by atoms with van der Waals surface area (Å²) in [5.74, 6) is -0.250. The first kappa shape index (κ1) is 14.6. The van der Waals surface area contributed by atoms with Gasteiger partial charge >= 0.3 is 0 Å². The van der Waals surface area contributed by atoms with Gasteiger partial charge in [0.05, 0.1) is 29.9 Å². The van der Waals surface area contributed by atoms with Crippen LogP contribution in [0.2, 0.25) is 0 Å². The largest absolute Gasteiger partial charge is 0.233 e. The highest BCUT2D eigenvalue weighted by Gasteiger charge is 2.17. The molecule has 1 aliphatic rings. The summed E-state index contributed by atoms with van der Waals surface area (Å²) in [4.78, 5) is 0. The summed E-state index contributed by atoms with van der Waals surface area (Å²) in [6.07, 6.45) is 7.47. The number of allylic oxidation sites excluding steroid dienone is 2. The van der Waals surface area contributed by atoms with E-state index in [1.165, 1.54) is 28.8 Å². The van der Waals surface area contributed by atoms with Crippen LogP contribution in [0.4, 0.5) is 4.39 Å². The van der Waals surface area contributed by atoms with Crippen LogP contribution >= 0.6 is 0 Å². The smallest absolute Gasteiger partial charge is 0.123 e. The molecule has 0 atom stereocenters. The molecule has 3 aromatic rings. The molecule has 4 rings (SSSR count). The van der Waals surface area contributed by atoms with Crippen molar-refractivity contribution in [2.45, 2.75) is 25.7 Å². The summed E-state index contributed by atoms with van der Waals surface area (Å²) in [7, 11) is 0. The van der Waals surface area contributed by atoms with Crippen molar-refractivity contribution in [2.24, 2.45) is 0 Å². The van der Waals surface area contributed by atoms with Crippen LogP contribution in [-0.2, 0) is 6.42 Å². The summed E-state index contributed by atoms with van der Waals surface area (Å²) in [5.41, 5.74) is 5.67. The van der Waals surface area contributed by atoms with Gasteiger partial charge in [-0.1, -0.05) is 6.08 Å². The number of rotatable bonds is 2. The van der Waals surface area contributed by atoms with Crippen LogP contribution in [0.5, 0.6) is 0 Å². The van der Waals surface area contributed by atoms with Gasteiger partial charge in [-0.3, -0.25) is 0 Å². The Morgan fingerprint density at radius 2 is 2.04 bits per heavy atom. The number of hydrogen-bond donors (Lipinski definition) is 0. The van der Waals surface area contributed by atoms with Gasteiger partial charge in [0.2, 0.25) is 0 Å². The van der Waals surface area contributed by atoms with Crippen LogP contribution in [0, 0.1) is 17.1 Å². The van der Waals surface area contributed by atoms with Gasteiger partial charge in [0.15, 0.2) is 0 Å². The predicted molar refractivity (Wildman–Crippen MR) is 92.2 cm³/mol. The van der Waals surface area contributed by atoms with Gasteiger partial charge in [0.25, 0.3) is 0 Å². The second-order valence-electron chi connectivity index (χ2n) is 6.05. The zero-order chi connectivity index (χ0) is 16.5. The van der Waals surface area contributed by atoms with Gasteiger partial charge in [0.1, 0.15) is 5.82 Å². The molecule has 24 heavy (non-hydrogen) atoms. The van der Waals surface area contributed by atoms with E-state index in [1.807, 2.05) is 17.0 Å². The van der Waals surface area contributed by atoms with E-state index in [9.17, 15) is 4.39 Å². The van der Waals surface area contributed by atoms with Crippen molar-refractivity contribution in [3.8, 4) is 11.8 Å². The van der Waals surface area contributed by atoms with Crippen LogP contribution < -0.4 is 0 Å². The Morgan fingerprint density at radius 3 is 2.83 bits per heavy atom. The first-order chi connectivity index (χ1) is 11.8. The molecule has 1 heterocycles. The molecule has 2 aromatic carbocycles. The fourth-order valence-corrected chi connectivity index (χ4v) is 3.40. The summed E-state index contributed by atoms with van der Waals surface area (Å²) in [6, 6.07) is 12.9. The Bertz CT molecular complexity index is 975. The van der Waals surface area contributed by atoms with Crippen molar-refractivity contribution in [1.82, 2.24) is 9.78 Å². The van der Waals surface area contributed by atoms with E-state index in [0.717, 1.165) is 35.9 Å². The van der Waals surface area contributed by atoms with Crippen molar-refractivity contribution in [3.05, 3.63) is 65.6 Å². The molecule has 3 nitrogen and oxygen atoms in total. The molecular formula is C20H16FN3. The Balaban J connectivity index is 1.85. The van der Waals surface area contributed by atoms with Crippen molar-refractivity contribution in [1.29, 1.82) is 5.26 Å². The molecule has 118 valence electrons. The van der Waals surface area contributed by atoms with Crippen LogP contribution in [0.3, 0.4) is 0 Å². The number of aryl methyl sites for hydroxylation is 1. The number of aromatic nitrogens is 2. The molecular weight excluding hydrogens is 301 g/mol. The minimum atomic E-state index is -0.250. The highest BCUT2D eigenvalue weighted by molar-refractivity contribution is 5.87. The van der Waals surface area contributed by atoms with Crippen LogP contribution in [0.15, 0.2) is 48.7 Å². The van der Waals surface area contributed by atoms with Crippen molar-refractivity contribution >= 4 is 16.5 Å². The Hall–Kier alpha value is -2.93. The quantitative estimate of drug-likeness (QED) is 0.681. The fourth-order valence-electron chi connectivity index (χ4n) is 3.40. The lowest BCUT2D eigenvalue weighted by atomic mass is 9.86. The van der Waals surface area contributed by atoms with Gasteiger partial charge in [-0.25, -0.2) is 9.07 Å². The molecule has 1 aromatic heterocycles. The molecule has 0 aliphatic heterocycles. The van der Waals surface area contributed by atoms with Gasteiger partial charge < -0.3 is 0 Å². The topological polar surface area (TPSA) is 41.6 Å². The number of halogens is 1. The van der Waals surface area contributed by atoms with Gasteiger partial charge in [0, 0.05) is 5.39 Å². The summed E-state index contributed by atoms with van der Waals surface area (Å²) >= 11 is 0. The third-order valence-corrected chi connectivity index (χ3v) is 4.54. The zero-order valence-electron chi connectivity index (χ0n) is 13.2. The number of nitrogens with zero attached hydrogens (tertiary/aromatic N) is 3. The summed E-state index contributed by atoms with van der Waals surface area (Å²) in [6.45, 7) is 0. The van der Waals surface area contributed by atoms with Crippen molar-refractivity contribution < 1.29 is 4.39 Å². The number of fused-ring (bicyclic) bond motifs is 2. The highest BCUT2D eigenvalue weighted by atomic mass is 19.1. The lowest BCUT2D eigenvalue weighted by Crippen LogP contribution is -2.03. The average Bonchev–Trinajstić information content (AvgIpc) is 3.01. The Morgan fingerprint density at radius 1 is 1.21 bits per heavy atom. The van der Waals surface area contributed by atoms with Gasteiger partial charge in [-0.15, -0.1) is 0 Å². The third-order valence-electron chi connectivity index (χ3n) is 4.54. The molecule has 0 amide bonds. The standard InChI is InChI=1S/C20H16FN3/c21-17-6-8-18(9-7-17)24-20-12-15-4-1-3-14(5-2-10-22)19(15)11-16(20)13-23-24/h5-9,11-13H,1-4H2/b14-5+. The Labute approximate surface area is 139 Å². The van der Waals surface area contributed by atoms with E-state index < -0.39 is 0 Å². The number of nitriles is 1. The van der Waals surface area contributed by atoms with Crippen molar-refractivity contribution in [2.75, 3.05) is 0 Å². The molecule has 0 unspecified atom stereocenters. The summed E-state index contributed by atoms with van der Waals surface area (Å²) in [5, 5.41) is 14.4. The number of hydrogen-bond acceptors (Lipinski definition) is 2. The molecule has 0 N–H and O–H groups in total. The molecule has 0 radical (unpaired) electrons. The van der Waals surface area contributed by atoms with E-state index in [1.54, 1.807) is 12.1 Å². The minimum absolute atomic E-state index is 0.250. The lowest BCUT2D eigenvalue weighted by Gasteiger charge is -2.19. The second kappa shape index (κ2) is 5.93. The molecule has 0 saturated carbocycles. The SMILES string of the molecule is N#CC/C=C1\CCCc2cc3c(cnn3-c3ccc(F)cc3)cc21. The van der Waals surface area contributed by atoms with E-state index in [0.29, 0.717) is 6.42 Å². The van der Waals surface area contributed by atoms with Crippen LogP contribution in [-0.4, -0.2) is 9.78 Å². The average molecular weight is 317 g/mol. The molecule has 1 aliphatic carbocycles. The van der Waals surface area contributed by atoms with Gasteiger partial charge in [-0.2, -0.15) is 10.4 Å². The molecule has 0 bridgehead atoms. The van der Waals surface area contributed by atoms with Crippen LogP contribution in [0.25, 0.3) is 22.2 Å². The summed E-state index contributed by atoms with van der Waals surface area (Å²) < 4.78 is 15.0. The monoisotopic (exact) mass is 317 g/mol. The van der Waals surface area contributed by atoms with Crippen molar-refractivity contribution in [3.63, 3.8) is 0 Å². The zero-order valence-corrected chi connectivity index (χ0v) is 13.2.